The van der Waals surface area contributed by atoms with Crippen molar-refractivity contribution in [2.75, 3.05) is 26.2 Å². The van der Waals surface area contributed by atoms with E-state index in [1.807, 2.05) is 0 Å². The van der Waals surface area contributed by atoms with E-state index in [-0.39, 0.29) is 0 Å². The molecule has 1 atom stereocenters. The molecule has 2 fully saturated rings. The number of nitrogens with zero attached hydrogens (tertiary/aromatic N) is 1. The van der Waals surface area contributed by atoms with E-state index in [1.165, 1.54) is 58.3 Å². The normalized spacial score (nSPS) is 28.8. The van der Waals surface area contributed by atoms with Crippen molar-refractivity contribution in [3.63, 3.8) is 0 Å². The lowest BCUT2D eigenvalue weighted by molar-refractivity contribution is 0.110. The van der Waals surface area contributed by atoms with Gasteiger partial charge >= 0.3 is 0 Å². The molecule has 0 saturated carbocycles. The molecule has 0 amide bonds. The first-order chi connectivity index (χ1) is 8.05. The third kappa shape index (κ3) is 3.96. The van der Waals surface area contributed by atoms with Crippen molar-refractivity contribution in [1.29, 1.82) is 0 Å². The molecule has 2 aliphatic heterocycles. The topological polar surface area (TPSA) is 15.3 Å². The molecule has 0 bridgehead atoms. The lowest BCUT2D eigenvalue weighted by Crippen LogP contribution is -2.39. The van der Waals surface area contributed by atoms with Gasteiger partial charge in [0.05, 0.1) is 0 Å². The summed E-state index contributed by atoms with van der Waals surface area (Å²) >= 11 is 0. The van der Waals surface area contributed by atoms with E-state index in [4.69, 9.17) is 0 Å². The van der Waals surface area contributed by atoms with Gasteiger partial charge in [0.25, 0.3) is 0 Å². The molecule has 2 heterocycles. The summed E-state index contributed by atoms with van der Waals surface area (Å²) in [5.41, 5.74) is 0.513. The molecule has 0 radical (unpaired) electrons. The van der Waals surface area contributed by atoms with Crippen molar-refractivity contribution in [3.05, 3.63) is 0 Å². The Kier molecular flexibility index (Phi) is 4.48. The summed E-state index contributed by atoms with van der Waals surface area (Å²) < 4.78 is 0. The van der Waals surface area contributed by atoms with Gasteiger partial charge in [-0.25, -0.2) is 0 Å². The lowest BCUT2D eigenvalue weighted by atomic mass is 9.75. The third-order valence-electron chi connectivity index (χ3n) is 4.77. The van der Waals surface area contributed by atoms with Gasteiger partial charge in [0.1, 0.15) is 0 Å². The summed E-state index contributed by atoms with van der Waals surface area (Å²) in [6.45, 7) is 12.4. The number of hydrogen-bond donors (Lipinski definition) is 1. The zero-order valence-corrected chi connectivity index (χ0v) is 12.0. The summed E-state index contributed by atoms with van der Waals surface area (Å²) in [4.78, 5) is 2.68. The molecule has 1 N–H and O–H groups in total. The van der Waals surface area contributed by atoms with Gasteiger partial charge in [-0.15, -0.1) is 0 Å². The van der Waals surface area contributed by atoms with Crippen molar-refractivity contribution in [2.45, 2.75) is 58.9 Å². The van der Waals surface area contributed by atoms with Crippen LogP contribution in [-0.4, -0.2) is 37.1 Å². The van der Waals surface area contributed by atoms with Crippen molar-refractivity contribution in [3.8, 4) is 0 Å². The van der Waals surface area contributed by atoms with Gasteiger partial charge in [-0.2, -0.15) is 0 Å². The van der Waals surface area contributed by atoms with Gasteiger partial charge in [0, 0.05) is 6.04 Å². The standard InChI is InChI=1S/C15H30N2/c1-15(2,3)13-6-10-17(11-7-13)12-8-14-5-4-9-16-14/h13-14,16H,4-12H2,1-3H3. The number of piperidine rings is 1. The molecule has 2 rings (SSSR count). The van der Waals surface area contributed by atoms with Crippen LogP contribution in [0.3, 0.4) is 0 Å². The monoisotopic (exact) mass is 238 g/mol. The summed E-state index contributed by atoms with van der Waals surface area (Å²) in [7, 11) is 0. The van der Waals surface area contributed by atoms with Crippen LogP contribution in [0.15, 0.2) is 0 Å². The number of nitrogens with one attached hydrogen (secondary N) is 1. The van der Waals surface area contributed by atoms with Crippen LogP contribution >= 0.6 is 0 Å². The average Bonchev–Trinajstić information content (AvgIpc) is 2.78. The first kappa shape index (κ1) is 13.4. The highest BCUT2D eigenvalue weighted by molar-refractivity contribution is 4.82. The molecule has 1 unspecified atom stereocenters. The maximum atomic E-state index is 3.60. The van der Waals surface area contributed by atoms with Crippen LogP contribution in [0.4, 0.5) is 0 Å². The maximum absolute atomic E-state index is 3.60. The number of hydrogen-bond acceptors (Lipinski definition) is 2. The minimum absolute atomic E-state index is 0.513. The zero-order chi connectivity index (χ0) is 12.3. The molecule has 0 spiro atoms. The highest BCUT2D eigenvalue weighted by Crippen LogP contribution is 2.34. The van der Waals surface area contributed by atoms with Crippen molar-refractivity contribution in [1.82, 2.24) is 10.2 Å². The molecule has 0 aromatic rings. The van der Waals surface area contributed by atoms with Gasteiger partial charge in [-0.05, 0) is 69.6 Å². The van der Waals surface area contributed by atoms with Crippen LogP contribution in [0.2, 0.25) is 0 Å². The molecular weight excluding hydrogens is 208 g/mol. The molecule has 2 aliphatic rings. The lowest BCUT2D eigenvalue weighted by Gasteiger charge is -2.39. The molecule has 2 saturated heterocycles. The predicted molar refractivity (Wildman–Crippen MR) is 74.3 cm³/mol. The van der Waals surface area contributed by atoms with E-state index in [9.17, 15) is 0 Å². The predicted octanol–water partition coefficient (Wildman–Crippen LogP) is 2.89. The fourth-order valence-corrected chi connectivity index (χ4v) is 3.36. The molecule has 100 valence electrons. The van der Waals surface area contributed by atoms with Crippen molar-refractivity contribution < 1.29 is 0 Å². The minimum Gasteiger partial charge on any atom is -0.314 e. The van der Waals surface area contributed by atoms with Gasteiger partial charge in [-0.1, -0.05) is 20.8 Å². The van der Waals surface area contributed by atoms with Crippen LogP contribution in [0.5, 0.6) is 0 Å². The quantitative estimate of drug-likeness (QED) is 0.813. The average molecular weight is 238 g/mol. The Morgan fingerprint density at radius 1 is 1.12 bits per heavy atom. The summed E-state index contributed by atoms with van der Waals surface area (Å²) in [5.74, 6) is 0.934. The van der Waals surface area contributed by atoms with Crippen LogP contribution in [0.1, 0.15) is 52.9 Å². The van der Waals surface area contributed by atoms with Gasteiger partial charge in [0.2, 0.25) is 0 Å². The third-order valence-corrected chi connectivity index (χ3v) is 4.77. The van der Waals surface area contributed by atoms with Gasteiger partial charge < -0.3 is 10.2 Å². The Labute approximate surface area is 107 Å². The molecule has 2 heteroatoms. The fourth-order valence-electron chi connectivity index (χ4n) is 3.36. The van der Waals surface area contributed by atoms with E-state index in [0.29, 0.717) is 5.41 Å². The van der Waals surface area contributed by atoms with Crippen LogP contribution < -0.4 is 5.32 Å². The van der Waals surface area contributed by atoms with E-state index in [0.717, 1.165) is 12.0 Å². The first-order valence-electron chi connectivity index (χ1n) is 7.51. The zero-order valence-electron chi connectivity index (χ0n) is 12.0. The molecule has 17 heavy (non-hydrogen) atoms. The summed E-state index contributed by atoms with van der Waals surface area (Å²) in [6, 6.07) is 0.815. The molecule has 0 aromatic carbocycles. The van der Waals surface area contributed by atoms with Gasteiger partial charge in [-0.3, -0.25) is 0 Å². The van der Waals surface area contributed by atoms with E-state index in [2.05, 4.69) is 31.0 Å². The molecule has 2 nitrogen and oxygen atoms in total. The Bertz CT molecular complexity index is 218. The van der Waals surface area contributed by atoms with Crippen molar-refractivity contribution >= 4 is 0 Å². The SMILES string of the molecule is CC(C)(C)C1CCN(CCC2CCCN2)CC1. The largest absolute Gasteiger partial charge is 0.314 e. The smallest absolute Gasteiger partial charge is 0.00797 e. The summed E-state index contributed by atoms with van der Waals surface area (Å²) in [6.07, 6.45) is 6.96. The molecule has 0 aliphatic carbocycles. The van der Waals surface area contributed by atoms with Crippen LogP contribution in [0, 0.1) is 11.3 Å². The highest BCUT2D eigenvalue weighted by atomic mass is 15.1. The van der Waals surface area contributed by atoms with Crippen molar-refractivity contribution in [2.24, 2.45) is 11.3 Å². The molecule has 0 aromatic heterocycles. The highest BCUT2D eigenvalue weighted by Gasteiger charge is 2.28. The Balaban J connectivity index is 1.65. The number of likely N-dealkylation sites (tertiary alicyclic amines) is 1. The Morgan fingerprint density at radius 2 is 1.82 bits per heavy atom. The second-order valence-corrected chi connectivity index (χ2v) is 7.06. The Hall–Kier alpha value is -0.0800. The van der Waals surface area contributed by atoms with E-state index >= 15 is 0 Å². The second kappa shape index (κ2) is 5.71. The summed E-state index contributed by atoms with van der Waals surface area (Å²) in [5, 5.41) is 3.60. The van der Waals surface area contributed by atoms with E-state index < -0.39 is 0 Å². The van der Waals surface area contributed by atoms with E-state index in [1.54, 1.807) is 0 Å². The fraction of sp³-hybridized carbons (Fsp3) is 1.00. The number of rotatable bonds is 3. The minimum atomic E-state index is 0.513. The first-order valence-corrected chi connectivity index (χ1v) is 7.51. The van der Waals surface area contributed by atoms with Crippen LogP contribution in [-0.2, 0) is 0 Å². The Morgan fingerprint density at radius 3 is 2.35 bits per heavy atom. The van der Waals surface area contributed by atoms with Gasteiger partial charge in [0.15, 0.2) is 0 Å². The maximum Gasteiger partial charge on any atom is 0.00797 e. The second-order valence-electron chi connectivity index (χ2n) is 7.06. The molecular formula is C15H30N2. The van der Waals surface area contributed by atoms with Crippen LogP contribution in [0.25, 0.3) is 0 Å².